The number of aromatic hydroxyl groups is 1. The van der Waals surface area contributed by atoms with Crippen molar-refractivity contribution in [3.05, 3.63) is 51.5 Å². The highest BCUT2D eigenvalue weighted by Gasteiger charge is 2.13. The minimum atomic E-state index is -0.310. The number of hydrogen-bond donors (Lipinski definition) is 2. The van der Waals surface area contributed by atoms with Gasteiger partial charge in [0.25, 0.3) is 0 Å². The molecule has 0 bridgehead atoms. The first-order valence-electron chi connectivity index (χ1n) is 7.09. The van der Waals surface area contributed by atoms with Crippen LogP contribution in [-0.4, -0.2) is 37.0 Å². The lowest BCUT2D eigenvalue weighted by Crippen LogP contribution is -2.15. The van der Waals surface area contributed by atoms with Gasteiger partial charge in [0.05, 0.1) is 32.2 Å². The number of aromatic nitrogens is 4. The van der Waals surface area contributed by atoms with Gasteiger partial charge in [-0.05, 0) is 46.8 Å². The number of anilines is 1. The number of nitrogens with one attached hydrogen (secondary N) is 1. The number of carbonyl (C=O) groups excluding carboxylic acids is 1. The summed E-state index contributed by atoms with van der Waals surface area (Å²) in [6, 6.07) is 9.29. The Morgan fingerprint density at radius 1 is 1.12 bits per heavy atom. The fraction of sp³-hybridized carbons (Fsp3) is 0.0667. The van der Waals surface area contributed by atoms with E-state index in [1.54, 1.807) is 12.1 Å². The van der Waals surface area contributed by atoms with Gasteiger partial charge in [-0.3, -0.25) is 4.79 Å². The van der Waals surface area contributed by atoms with Gasteiger partial charge in [0.15, 0.2) is 0 Å². The Morgan fingerprint density at radius 2 is 1.81 bits per heavy atom. The van der Waals surface area contributed by atoms with Crippen LogP contribution in [0.25, 0.3) is 5.69 Å². The lowest BCUT2D eigenvalue weighted by Gasteiger charge is -2.08. The van der Waals surface area contributed by atoms with Gasteiger partial charge < -0.3 is 10.4 Å². The summed E-state index contributed by atoms with van der Waals surface area (Å²) >= 11 is 19.0. The second-order valence-electron chi connectivity index (χ2n) is 4.97. The Hall–Kier alpha value is -2.00. The zero-order valence-electron chi connectivity index (χ0n) is 12.9. The van der Waals surface area contributed by atoms with E-state index in [-0.39, 0.29) is 27.5 Å². The first-order valence-corrected chi connectivity index (χ1v) is 9.21. The van der Waals surface area contributed by atoms with E-state index in [0.717, 1.165) is 11.8 Å². The minimum Gasteiger partial charge on any atom is -0.508 e. The maximum atomic E-state index is 12.2. The first-order chi connectivity index (χ1) is 12.4. The van der Waals surface area contributed by atoms with E-state index >= 15 is 0 Å². The predicted molar refractivity (Wildman–Crippen MR) is 102 cm³/mol. The van der Waals surface area contributed by atoms with Gasteiger partial charge in [-0.15, -0.1) is 5.10 Å². The van der Waals surface area contributed by atoms with Crippen molar-refractivity contribution in [3.8, 4) is 11.4 Å². The van der Waals surface area contributed by atoms with Crippen LogP contribution in [0.15, 0.2) is 41.6 Å². The first kappa shape index (κ1) is 18.8. The van der Waals surface area contributed by atoms with E-state index in [1.807, 2.05) is 0 Å². The maximum Gasteiger partial charge on any atom is 0.234 e. The summed E-state index contributed by atoms with van der Waals surface area (Å²) in [5.41, 5.74) is 1.02. The number of halogens is 3. The molecule has 2 N–H and O–H groups in total. The molecular formula is C15H10Cl3N5O2S. The molecule has 7 nitrogen and oxygen atoms in total. The van der Waals surface area contributed by atoms with E-state index in [0.29, 0.717) is 21.6 Å². The predicted octanol–water partition coefficient (Wildman–Crippen LogP) is 4.06. The number of phenols is 1. The Balaban J connectivity index is 1.67. The van der Waals surface area contributed by atoms with Crippen molar-refractivity contribution < 1.29 is 9.90 Å². The normalized spacial score (nSPS) is 10.7. The van der Waals surface area contributed by atoms with Crippen molar-refractivity contribution in [1.82, 2.24) is 20.2 Å². The van der Waals surface area contributed by atoms with Crippen molar-refractivity contribution in [2.75, 3.05) is 11.1 Å². The van der Waals surface area contributed by atoms with Crippen LogP contribution in [0, 0.1) is 0 Å². The van der Waals surface area contributed by atoms with E-state index in [2.05, 4.69) is 20.8 Å². The third kappa shape index (κ3) is 4.39. The molecule has 0 unspecified atom stereocenters. The van der Waals surface area contributed by atoms with Crippen LogP contribution in [-0.2, 0) is 4.79 Å². The molecule has 0 radical (unpaired) electrons. The Morgan fingerprint density at radius 3 is 2.54 bits per heavy atom. The Bertz CT molecular complexity index is 949. The molecule has 0 fully saturated rings. The molecule has 0 aliphatic carbocycles. The standard InChI is InChI=1S/C15H10Cl3N5O2S/c16-10-5-12(18)13(6-11(10)17)19-14(25)7-26-15-20-21-22-23(15)8-1-3-9(24)4-2-8/h1-6,24H,7H2,(H,19,25). The number of tetrazole rings is 1. The molecule has 0 saturated carbocycles. The third-order valence-corrected chi connectivity index (χ3v) is 5.11. The van der Waals surface area contributed by atoms with Crippen LogP contribution in [0.4, 0.5) is 5.69 Å². The van der Waals surface area contributed by atoms with Crippen LogP contribution in [0.1, 0.15) is 0 Å². The van der Waals surface area contributed by atoms with Crippen molar-refractivity contribution in [3.63, 3.8) is 0 Å². The Kier molecular flexibility index (Phi) is 5.87. The summed E-state index contributed by atoms with van der Waals surface area (Å²) in [7, 11) is 0. The molecule has 26 heavy (non-hydrogen) atoms. The summed E-state index contributed by atoms with van der Waals surface area (Å²) in [4.78, 5) is 12.2. The molecular weight excluding hydrogens is 421 g/mol. The van der Waals surface area contributed by atoms with Crippen LogP contribution in [0.2, 0.25) is 15.1 Å². The fourth-order valence-electron chi connectivity index (χ4n) is 1.96. The highest BCUT2D eigenvalue weighted by atomic mass is 35.5. The maximum absolute atomic E-state index is 12.2. The number of thioether (sulfide) groups is 1. The van der Waals surface area contributed by atoms with Crippen LogP contribution in [0.5, 0.6) is 5.75 Å². The summed E-state index contributed by atoms with van der Waals surface area (Å²) in [5.74, 6) is -0.126. The molecule has 3 rings (SSSR count). The monoisotopic (exact) mass is 429 g/mol. The molecule has 0 aliphatic heterocycles. The van der Waals surface area contributed by atoms with Gasteiger partial charge in [-0.25, -0.2) is 0 Å². The number of benzene rings is 2. The average molecular weight is 431 g/mol. The van der Waals surface area contributed by atoms with Crippen LogP contribution in [0.3, 0.4) is 0 Å². The zero-order valence-corrected chi connectivity index (χ0v) is 15.9. The van der Waals surface area contributed by atoms with Gasteiger partial charge in [0.2, 0.25) is 11.1 Å². The van der Waals surface area contributed by atoms with Gasteiger partial charge >= 0.3 is 0 Å². The van der Waals surface area contributed by atoms with Crippen LogP contribution < -0.4 is 5.32 Å². The second-order valence-corrected chi connectivity index (χ2v) is 7.14. The molecule has 0 spiro atoms. The molecule has 11 heteroatoms. The topological polar surface area (TPSA) is 92.9 Å². The van der Waals surface area contributed by atoms with Crippen molar-refractivity contribution in [2.24, 2.45) is 0 Å². The number of rotatable bonds is 5. The quantitative estimate of drug-likeness (QED) is 0.468. The van der Waals surface area contributed by atoms with Gasteiger partial charge in [-0.2, -0.15) is 4.68 Å². The largest absolute Gasteiger partial charge is 0.508 e. The molecule has 2 aromatic carbocycles. The molecule has 1 aromatic heterocycles. The molecule has 0 atom stereocenters. The fourth-order valence-corrected chi connectivity index (χ4v) is 3.24. The number of carbonyl (C=O) groups is 1. The number of amides is 1. The number of hydrogen-bond acceptors (Lipinski definition) is 6. The molecule has 134 valence electrons. The van der Waals surface area contributed by atoms with Crippen molar-refractivity contribution in [2.45, 2.75) is 5.16 Å². The van der Waals surface area contributed by atoms with E-state index in [9.17, 15) is 9.90 Å². The lowest BCUT2D eigenvalue weighted by molar-refractivity contribution is -0.113. The van der Waals surface area contributed by atoms with E-state index in [1.165, 1.54) is 28.9 Å². The van der Waals surface area contributed by atoms with Gasteiger partial charge in [-0.1, -0.05) is 46.6 Å². The molecule has 0 saturated heterocycles. The molecule has 1 amide bonds. The summed E-state index contributed by atoms with van der Waals surface area (Å²) in [6.45, 7) is 0. The lowest BCUT2D eigenvalue weighted by atomic mass is 10.3. The number of phenolic OH excluding ortho intramolecular Hbond substituents is 1. The minimum absolute atomic E-state index is 0.0506. The highest BCUT2D eigenvalue weighted by molar-refractivity contribution is 7.99. The Labute approximate surface area is 167 Å². The van der Waals surface area contributed by atoms with E-state index in [4.69, 9.17) is 34.8 Å². The smallest absolute Gasteiger partial charge is 0.234 e. The van der Waals surface area contributed by atoms with Crippen LogP contribution >= 0.6 is 46.6 Å². The highest BCUT2D eigenvalue weighted by Crippen LogP contribution is 2.32. The molecule has 1 heterocycles. The number of nitrogens with zero attached hydrogens (tertiary/aromatic N) is 4. The molecule has 3 aromatic rings. The molecule has 0 aliphatic rings. The summed E-state index contributed by atoms with van der Waals surface area (Å²) in [5, 5.41) is 24.7. The summed E-state index contributed by atoms with van der Waals surface area (Å²) in [6.07, 6.45) is 0. The van der Waals surface area contributed by atoms with Gasteiger partial charge in [0, 0.05) is 0 Å². The average Bonchev–Trinajstić information content (AvgIpc) is 3.07. The van der Waals surface area contributed by atoms with E-state index < -0.39 is 0 Å². The van der Waals surface area contributed by atoms with Gasteiger partial charge in [0.1, 0.15) is 5.75 Å². The van der Waals surface area contributed by atoms with Crippen molar-refractivity contribution >= 4 is 58.2 Å². The SMILES string of the molecule is O=C(CSc1nnnn1-c1ccc(O)cc1)Nc1cc(Cl)c(Cl)cc1Cl. The summed E-state index contributed by atoms with van der Waals surface area (Å²) < 4.78 is 1.46. The second kappa shape index (κ2) is 8.13. The zero-order chi connectivity index (χ0) is 18.7. The van der Waals surface area contributed by atoms with Crippen molar-refractivity contribution in [1.29, 1.82) is 0 Å². The third-order valence-electron chi connectivity index (χ3n) is 3.15.